The first-order chi connectivity index (χ1) is 62.9. The molecule has 696 valence electrons. The number of methoxy groups -OCH3 is 5. The van der Waals surface area contributed by atoms with Crippen molar-refractivity contribution in [2.45, 2.75) is 91.8 Å². The molecule has 38 heteroatoms. The molecule has 0 spiro atoms. The molecule has 13 aromatic rings. The molecule has 10 aromatic carbocycles. The molecule has 2 aliphatic rings. The van der Waals surface area contributed by atoms with Crippen LogP contribution in [-0.4, -0.2) is 159 Å². The second-order valence-corrected chi connectivity index (χ2v) is 33.0. The maximum Gasteiger partial charge on any atom is 1.00 e. The summed E-state index contributed by atoms with van der Waals surface area (Å²) in [5.41, 5.74) is 2.85. The molecule has 0 aliphatic carbocycles. The molecule has 2 bridgehead atoms. The molecule has 2 atom stereocenters. The van der Waals surface area contributed by atoms with Gasteiger partial charge in [0.2, 0.25) is 16.3 Å². The third-order valence-corrected chi connectivity index (χ3v) is 22.3. The second-order valence-electron chi connectivity index (χ2n) is 28.8. The second kappa shape index (κ2) is 56.2. The van der Waals surface area contributed by atoms with Gasteiger partial charge in [-0.3, -0.25) is 28.8 Å². The van der Waals surface area contributed by atoms with Gasteiger partial charge < -0.3 is 83.3 Å². The number of halogens is 6. The Morgan fingerprint density at radius 1 is 0.485 bits per heavy atom. The molecule has 5 heterocycles. The molecular formula is C96H91Br5FK2N3O27. The van der Waals surface area contributed by atoms with E-state index in [-0.39, 0.29) is 202 Å². The third kappa shape index (κ3) is 31.8. The van der Waals surface area contributed by atoms with Crippen molar-refractivity contribution < 1.29 is 223 Å². The Kier molecular flexibility index (Phi) is 48.2. The van der Waals surface area contributed by atoms with Crippen LogP contribution in [0, 0.1) is 5.82 Å². The van der Waals surface area contributed by atoms with Gasteiger partial charge in [-0.25, -0.2) is 38.0 Å². The number of carboxylic acids is 1. The predicted molar refractivity (Wildman–Crippen MR) is 508 cm³/mol. The zero-order valence-corrected chi connectivity index (χ0v) is 89.3. The molecule has 0 radical (unpaired) electrons. The SMILES string of the molecule is CC(C)(C)OC(=O)N1C2CCC1CC(=O)C2.CCN(CC)C(=O)c1ccc2c(=O)c3cccc(Br)c3oc2c1.CCNCC.COC(=O)c1ccc(C(=O)OC)c(F)c1.COC(=O)c1ccc(C(=O)OC)c(Oc2ccccc2Br)c1.COC(=O)c1ccc2c(=O)c3cccc(Br)c3oc2c1.O=C(O)c1ccc2c(=O)c3cccc(Br)c3oc2c1.O=CO[O-].Oc1ccccc1Br.[H-].[K+].[K+]. The minimum Gasteiger partial charge on any atom is -1.00 e. The van der Waals surface area contributed by atoms with Crippen LogP contribution in [-0.2, 0) is 42.9 Å². The largest absolute Gasteiger partial charge is 1.00 e. The van der Waals surface area contributed by atoms with E-state index in [1.807, 2.05) is 52.8 Å². The van der Waals surface area contributed by atoms with Crippen molar-refractivity contribution in [3.63, 3.8) is 0 Å². The minimum atomic E-state index is -1.06. The molecule has 2 aliphatic heterocycles. The van der Waals surface area contributed by atoms with Crippen LogP contribution in [0.25, 0.3) is 65.8 Å². The summed E-state index contributed by atoms with van der Waals surface area (Å²) in [5.74, 6) is -3.65. The maximum absolute atomic E-state index is 13.3. The fourth-order valence-electron chi connectivity index (χ4n) is 12.8. The number of carbonyl (C=O) groups excluding carboxylic acids is 9. The van der Waals surface area contributed by atoms with Crippen LogP contribution in [0.4, 0.5) is 9.18 Å². The number of fused-ring (bicyclic) bond motifs is 8. The third-order valence-electron chi connectivity index (χ3n) is 19.1. The molecule has 30 nitrogen and oxygen atoms in total. The standard InChI is InChI=1S/C18H16BrNO3.C16H13BrO5.C15H9BrO4.C14H7BrO4.C12H19NO3.C10H9FO4.C6H5BrO.C4H11N.CH2O3.2K.H/c1-3-20(4-2)18(22)11-8-9-12-15(10-11)23-17-13(16(12)21)6-5-7-14(17)19;1-20-15(18)10-7-8-11(16(19)21-2)14(9-10)22-13-6-4-3-5-12(13)17;1-19-15(18)8-5-6-9-12(7-8)20-14-10(13(9)17)3-2-4-11(14)16;15-10-3-1-2-9-12(16)8-5-4-7(14(17)18)6-11(8)19-13(9)10;1-12(2,3)16-11(15)13-8-4-5-9(13)7-10(14)6-8;1-14-9(12)6-3-4-7(8(11)5-6)10(13)15-2;7-5-3-1-2-4-6(5)8;1-3-5-4-2;2-1-4-3;;;/h5-10H,3-4H2,1-2H3;3-9H,1-2H3;2-7H,1H3;1-6H,(H,17,18);8-9H,4-7H2,1-3H3;3-5H,1-2H3;1-4,8H;5H,3-4H2,1-2H3;1,3H;;;/q;;;;;;;;;2*+1;-1/p-1. The van der Waals surface area contributed by atoms with Crippen LogP contribution in [0.1, 0.15) is 148 Å². The smallest absolute Gasteiger partial charge is 1.00 e. The fourth-order valence-corrected chi connectivity index (χ4v) is 14.8. The summed E-state index contributed by atoms with van der Waals surface area (Å²) in [5, 5.41) is 32.1. The van der Waals surface area contributed by atoms with Crippen LogP contribution in [0.3, 0.4) is 0 Å². The van der Waals surface area contributed by atoms with E-state index in [0.717, 1.165) is 48.1 Å². The molecule has 2 fully saturated rings. The number of phenols is 1. The van der Waals surface area contributed by atoms with Gasteiger partial charge in [0.15, 0.2) is 16.7 Å². The average Bonchev–Trinajstić information content (AvgIpc) is 1.55. The zero-order valence-electron chi connectivity index (χ0n) is 76.1. The Morgan fingerprint density at radius 3 is 1.22 bits per heavy atom. The summed E-state index contributed by atoms with van der Waals surface area (Å²) in [4.78, 5) is 156. The van der Waals surface area contributed by atoms with Crippen LogP contribution in [0.2, 0.25) is 0 Å². The van der Waals surface area contributed by atoms with E-state index in [2.05, 4.69) is 123 Å². The molecule has 3 aromatic heterocycles. The number of ether oxygens (including phenoxy) is 7. The number of hydrogen-bond donors (Lipinski definition) is 3. The molecule has 3 N–H and O–H groups in total. The number of carbonyl (C=O) groups is 10. The van der Waals surface area contributed by atoms with Crippen molar-refractivity contribution in [1.82, 2.24) is 15.1 Å². The number of phenolic OH excluding ortho intramolecular Hbond substituents is 1. The van der Waals surface area contributed by atoms with Crippen LogP contribution >= 0.6 is 79.6 Å². The van der Waals surface area contributed by atoms with Crippen LogP contribution < -0.4 is 134 Å². The summed E-state index contributed by atoms with van der Waals surface area (Å²) in [6.07, 6.45) is 2.64. The van der Waals surface area contributed by atoms with Crippen molar-refractivity contribution in [1.29, 1.82) is 0 Å². The predicted octanol–water partition coefficient (Wildman–Crippen LogP) is 13.7. The fraction of sp³-hybridized carbons (Fsp3) is 0.240. The minimum absolute atomic E-state index is 0. The van der Waals surface area contributed by atoms with E-state index in [4.69, 9.17) is 47.7 Å². The van der Waals surface area contributed by atoms with E-state index in [9.17, 15) is 61.9 Å². The molecular weight excluding hydrogens is 2120 g/mol. The maximum atomic E-state index is 13.3. The first-order valence-corrected chi connectivity index (χ1v) is 44.0. The van der Waals surface area contributed by atoms with Crippen molar-refractivity contribution in [3.05, 3.63) is 292 Å². The van der Waals surface area contributed by atoms with Crippen molar-refractivity contribution in [3.8, 4) is 17.2 Å². The Bertz CT molecular complexity index is 6550. The van der Waals surface area contributed by atoms with Crippen LogP contribution in [0.5, 0.6) is 17.2 Å². The normalized spacial score (nSPS) is 12.3. The zero-order chi connectivity index (χ0) is 97.4. The Hall–Kier alpha value is -9.57. The first kappa shape index (κ1) is 115. The number of piperidine rings is 1. The number of hydrogen-bond acceptors (Lipinski definition) is 27. The number of Topliss-reactive ketones (excluding diaryl/α,β-unsaturated/α-hetero) is 1. The van der Waals surface area contributed by atoms with Gasteiger partial charge in [0.1, 0.15) is 56.8 Å². The number of rotatable bonds is 14. The molecule has 0 saturated carbocycles. The van der Waals surface area contributed by atoms with Crippen molar-refractivity contribution in [2.24, 2.45) is 0 Å². The van der Waals surface area contributed by atoms with E-state index >= 15 is 0 Å². The topological polar surface area (TPSA) is 417 Å². The van der Waals surface area contributed by atoms with Gasteiger partial charge in [-0.15, -0.1) is 0 Å². The summed E-state index contributed by atoms with van der Waals surface area (Å²) >= 11 is 16.6. The number of amides is 2. The molecule has 2 unspecified atom stereocenters. The molecule has 134 heavy (non-hydrogen) atoms. The van der Waals surface area contributed by atoms with Gasteiger partial charge >= 0.3 is 145 Å². The average molecular weight is 2220 g/mol. The van der Waals surface area contributed by atoms with Gasteiger partial charge in [0.25, 0.3) is 12.4 Å². The summed E-state index contributed by atoms with van der Waals surface area (Å²) < 4.78 is 68.0. The number of para-hydroxylation sites is 5. The summed E-state index contributed by atoms with van der Waals surface area (Å²) in [6, 6.07) is 51.9. The van der Waals surface area contributed by atoms with Gasteiger partial charge in [0, 0.05) is 43.6 Å². The Morgan fingerprint density at radius 2 is 0.851 bits per heavy atom. The monoisotopic (exact) mass is 2210 g/mol. The summed E-state index contributed by atoms with van der Waals surface area (Å²) in [6.45, 7) is 17.0. The number of aromatic hydroxyl groups is 1. The number of carboxylic acid groups (broad SMARTS) is 1. The van der Waals surface area contributed by atoms with Crippen LogP contribution in [0.15, 0.2) is 244 Å². The van der Waals surface area contributed by atoms with E-state index in [0.29, 0.717) is 116 Å². The van der Waals surface area contributed by atoms with Gasteiger partial charge in [-0.1, -0.05) is 56.3 Å². The number of benzene rings is 10. The molecule has 15 rings (SSSR count). The van der Waals surface area contributed by atoms with E-state index in [1.54, 1.807) is 125 Å². The molecule has 2 saturated heterocycles. The molecule has 2 amide bonds. The van der Waals surface area contributed by atoms with E-state index < -0.39 is 47.2 Å². The first-order valence-electron chi connectivity index (χ1n) is 40.1. The van der Waals surface area contributed by atoms with E-state index in [1.165, 1.54) is 83.0 Å². The number of aromatic carboxylic acids is 1. The Balaban J connectivity index is 0.000000327. The van der Waals surface area contributed by atoms with Gasteiger partial charge in [0.05, 0.1) is 118 Å². The quantitative estimate of drug-likeness (QED) is 0.0173. The Labute approximate surface area is 896 Å². The number of esters is 5. The van der Waals surface area contributed by atoms with Gasteiger partial charge in [-0.2, -0.15) is 0 Å². The van der Waals surface area contributed by atoms with Crippen molar-refractivity contribution >= 4 is 206 Å². The van der Waals surface area contributed by atoms with Crippen molar-refractivity contribution in [2.75, 3.05) is 61.7 Å². The summed E-state index contributed by atoms with van der Waals surface area (Å²) in [7, 11) is 6.20. The van der Waals surface area contributed by atoms with Gasteiger partial charge in [-0.05, 0) is 292 Å². The number of nitrogens with one attached hydrogen (secondary N) is 1. The number of ketones is 1. The number of nitrogens with zero attached hydrogens (tertiary/aromatic N) is 2.